The van der Waals surface area contributed by atoms with E-state index in [-0.39, 0.29) is 23.5 Å². The number of urea groups is 1. The van der Waals surface area contributed by atoms with E-state index < -0.39 is 29.4 Å². The van der Waals surface area contributed by atoms with E-state index in [1.165, 1.54) is 22.0 Å². The Labute approximate surface area is 267 Å². The molecule has 10 nitrogen and oxygen atoms in total. The lowest BCUT2D eigenvalue weighted by molar-refractivity contribution is 0.159. The van der Waals surface area contributed by atoms with E-state index in [1.54, 1.807) is 43.6 Å². The summed E-state index contributed by atoms with van der Waals surface area (Å²) < 4.78 is 37.4. The highest BCUT2D eigenvalue weighted by Crippen LogP contribution is 2.38. The number of fused-ring (bicyclic) bond motifs is 1. The fraction of sp³-hybridized carbons (Fsp3) is 0.273. The normalized spacial score (nSPS) is 11.3. The van der Waals surface area contributed by atoms with Crippen LogP contribution in [0.15, 0.2) is 76.4 Å². The van der Waals surface area contributed by atoms with Crippen LogP contribution in [0.3, 0.4) is 0 Å². The van der Waals surface area contributed by atoms with Gasteiger partial charge in [-0.15, -0.1) is 11.3 Å². The molecule has 3 aromatic heterocycles. The van der Waals surface area contributed by atoms with Crippen LogP contribution in [0.25, 0.3) is 20.7 Å². The number of ether oxygens (including phenoxy) is 1. The van der Waals surface area contributed by atoms with Crippen LogP contribution in [0.5, 0.6) is 0 Å². The lowest BCUT2D eigenvalue weighted by atomic mass is 10.1. The maximum absolute atomic E-state index is 14.9. The molecule has 0 aliphatic heterocycles. The van der Waals surface area contributed by atoms with Crippen molar-refractivity contribution in [3.05, 3.63) is 116 Å². The monoisotopic (exact) mass is 648 g/mol. The Morgan fingerprint density at radius 3 is 2.37 bits per heavy atom. The predicted octanol–water partition coefficient (Wildman–Crippen LogP) is 4.88. The number of hydrogen-bond acceptors (Lipinski definition) is 7. The minimum Gasteiger partial charge on any atom is -0.383 e. The van der Waals surface area contributed by atoms with Crippen molar-refractivity contribution >= 4 is 33.3 Å². The molecule has 0 bridgehead atoms. The van der Waals surface area contributed by atoms with Crippen LogP contribution in [0.4, 0.5) is 19.3 Å². The molecule has 46 heavy (non-hydrogen) atoms. The molecule has 0 saturated heterocycles. The first-order valence-corrected chi connectivity index (χ1v) is 15.5. The second-order valence-electron chi connectivity index (χ2n) is 10.7. The van der Waals surface area contributed by atoms with Crippen LogP contribution in [0, 0.1) is 11.6 Å². The average Bonchev–Trinajstić information content (AvgIpc) is 3.41. The van der Waals surface area contributed by atoms with Gasteiger partial charge in [-0.2, -0.15) is 0 Å². The molecule has 5 aromatic rings. The molecule has 2 amide bonds. The van der Waals surface area contributed by atoms with Gasteiger partial charge >= 0.3 is 11.7 Å². The first-order chi connectivity index (χ1) is 22.2. The lowest BCUT2D eigenvalue weighted by Gasteiger charge is -2.18. The number of likely N-dealkylation sites (N-methyl/N-ethyl adjacent to an activating group) is 1. The zero-order chi connectivity index (χ0) is 32.8. The number of hydrogen-bond donors (Lipinski definition) is 2. The van der Waals surface area contributed by atoms with Gasteiger partial charge in [-0.1, -0.05) is 24.3 Å². The van der Waals surface area contributed by atoms with Crippen molar-refractivity contribution in [2.24, 2.45) is 0 Å². The zero-order valence-electron chi connectivity index (χ0n) is 25.7. The number of nitrogens with one attached hydrogen (secondary N) is 2. The molecule has 0 aliphatic carbocycles. The fourth-order valence-electron chi connectivity index (χ4n) is 5.11. The molecule has 0 spiro atoms. The van der Waals surface area contributed by atoms with Crippen molar-refractivity contribution in [1.29, 1.82) is 0 Å². The van der Waals surface area contributed by atoms with Crippen molar-refractivity contribution in [3.63, 3.8) is 0 Å². The number of rotatable bonds is 12. The summed E-state index contributed by atoms with van der Waals surface area (Å²) in [5.74, 6) is -1.59. The van der Waals surface area contributed by atoms with Gasteiger partial charge in [0.25, 0.3) is 5.56 Å². The van der Waals surface area contributed by atoms with E-state index in [0.29, 0.717) is 52.9 Å². The van der Waals surface area contributed by atoms with Crippen molar-refractivity contribution in [3.8, 4) is 10.4 Å². The van der Waals surface area contributed by atoms with Crippen molar-refractivity contribution in [2.45, 2.75) is 26.6 Å². The number of aromatic nitrogens is 3. The van der Waals surface area contributed by atoms with Crippen LogP contribution < -0.4 is 21.9 Å². The third-order valence-corrected chi connectivity index (χ3v) is 8.73. The van der Waals surface area contributed by atoms with Crippen molar-refractivity contribution in [2.75, 3.05) is 39.2 Å². The van der Waals surface area contributed by atoms with Crippen molar-refractivity contribution in [1.82, 2.24) is 24.3 Å². The average molecular weight is 649 g/mol. The van der Waals surface area contributed by atoms with E-state index in [4.69, 9.17) is 4.74 Å². The Kier molecular flexibility index (Phi) is 10.4. The topological polar surface area (TPSA) is 110 Å². The van der Waals surface area contributed by atoms with Gasteiger partial charge in [-0.3, -0.25) is 23.8 Å². The van der Waals surface area contributed by atoms with E-state index in [1.807, 2.05) is 31.0 Å². The van der Waals surface area contributed by atoms with Crippen LogP contribution in [-0.2, 0) is 24.4 Å². The summed E-state index contributed by atoms with van der Waals surface area (Å²) in [5.41, 5.74) is 0.925. The van der Waals surface area contributed by atoms with Crippen LogP contribution in [0.1, 0.15) is 23.7 Å². The number of methoxy groups -OCH3 is 1. The molecular formula is C33H34F2N6O4S. The van der Waals surface area contributed by atoms with Gasteiger partial charge < -0.3 is 15.4 Å². The Morgan fingerprint density at radius 1 is 0.978 bits per heavy atom. The Morgan fingerprint density at radius 2 is 1.72 bits per heavy atom. The minimum atomic E-state index is -0.797. The minimum absolute atomic E-state index is 0.126. The Bertz CT molecular complexity index is 1940. The number of halogens is 2. The SMILES string of the molecule is CCNC(=O)Nc1ccc(-c2sc3c(c2CN(C)CCOC)c(=O)n(Cc2ccccn2)c(=O)n3Cc2c(F)cccc2F)cc1. The Balaban J connectivity index is 1.75. The van der Waals surface area contributed by atoms with Gasteiger partial charge in [0, 0.05) is 49.1 Å². The molecule has 2 N–H and O–H groups in total. The third-order valence-electron chi connectivity index (χ3n) is 7.43. The molecule has 240 valence electrons. The zero-order valence-corrected chi connectivity index (χ0v) is 26.5. The smallest absolute Gasteiger partial charge is 0.332 e. The lowest BCUT2D eigenvalue weighted by Crippen LogP contribution is -2.40. The number of carbonyl (C=O) groups is 1. The Hall–Kier alpha value is -4.72. The molecular weight excluding hydrogens is 614 g/mol. The second kappa shape index (κ2) is 14.6. The van der Waals surface area contributed by atoms with Gasteiger partial charge in [0.05, 0.1) is 30.8 Å². The number of pyridine rings is 1. The number of carbonyl (C=O) groups excluding carboxylic acids is 1. The van der Waals surface area contributed by atoms with Gasteiger partial charge in [-0.25, -0.2) is 18.4 Å². The molecule has 0 radical (unpaired) electrons. The van der Waals surface area contributed by atoms with Crippen molar-refractivity contribution < 1.29 is 18.3 Å². The molecule has 13 heteroatoms. The molecule has 2 aromatic carbocycles. The summed E-state index contributed by atoms with van der Waals surface area (Å²) in [5, 5.41) is 5.73. The number of anilines is 1. The van der Waals surface area contributed by atoms with Gasteiger partial charge in [0.2, 0.25) is 0 Å². The van der Waals surface area contributed by atoms with Gasteiger partial charge in [0.15, 0.2) is 0 Å². The standard InChI is InChI=1S/C33H34F2N6O4S/c1-4-36-32(43)38-22-13-11-21(12-14-22)29-25(19-39(2)16-17-45-3)28-30(42)40(18-23-8-5-6-15-37-23)33(44)41(31(28)46-29)20-24-26(34)9-7-10-27(24)35/h5-15H,4,16-20H2,1-3H3,(H2,36,38,43). The van der Waals surface area contributed by atoms with Crippen LogP contribution >= 0.6 is 11.3 Å². The van der Waals surface area contributed by atoms with Gasteiger partial charge in [-0.05, 0) is 61.5 Å². The molecule has 0 fully saturated rings. The predicted molar refractivity (Wildman–Crippen MR) is 175 cm³/mol. The summed E-state index contributed by atoms with van der Waals surface area (Å²) >= 11 is 1.20. The molecule has 0 atom stereocenters. The number of amides is 2. The van der Waals surface area contributed by atoms with E-state index >= 15 is 0 Å². The molecule has 3 heterocycles. The molecule has 0 aliphatic rings. The first-order valence-electron chi connectivity index (χ1n) is 14.7. The highest BCUT2D eigenvalue weighted by atomic mass is 32.1. The largest absolute Gasteiger partial charge is 0.383 e. The number of benzene rings is 2. The molecule has 5 rings (SSSR count). The number of nitrogens with zero attached hydrogens (tertiary/aromatic N) is 4. The van der Waals surface area contributed by atoms with Crippen LogP contribution in [0.2, 0.25) is 0 Å². The second-order valence-corrected chi connectivity index (χ2v) is 11.7. The van der Waals surface area contributed by atoms with Crippen LogP contribution in [-0.4, -0.2) is 58.9 Å². The van der Waals surface area contributed by atoms with Gasteiger partial charge in [0.1, 0.15) is 16.5 Å². The van der Waals surface area contributed by atoms with E-state index in [9.17, 15) is 23.2 Å². The quantitative estimate of drug-likeness (QED) is 0.200. The molecule has 0 saturated carbocycles. The summed E-state index contributed by atoms with van der Waals surface area (Å²) in [6.45, 7) is 3.08. The maximum atomic E-state index is 14.9. The highest BCUT2D eigenvalue weighted by molar-refractivity contribution is 7.22. The van der Waals surface area contributed by atoms with E-state index in [2.05, 4.69) is 15.6 Å². The summed E-state index contributed by atoms with van der Waals surface area (Å²) in [7, 11) is 3.50. The maximum Gasteiger partial charge on any atom is 0.332 e. The van der Waals surface area contributed by atoms with E-state index in [0.717, 1.165) is 22.3 Å². The summed E-state index contributed by atoms with van der Waals surface area (Å²) in [6, 6.07) is 15.5. The fourth-order valence-corrected chi connectivity index (χ4v) is 6.41. The highest BCUT2D eigenvalue weighted by Gasteiger charge is 2.25. The third kappa shape index (κ3) is 7.06. The summed E-state index contributed by atoms with van der Waals surface area (Å²) in [6.07, 6.45) is 1.56. The first kappa shape index (κ1) is 32.7. The molecule has 0 unspecified atom stereocenters. The number of thiophene rings is 1. The summed E-state index contributed by atoms with van der Waals surface area (Å²) in [4.78, 5) is 47.7.